The van der Waals surface area contributed by atoms with Gasteiger partial charge in [0.15, 0.2) is 0 Å². The average molecular weight is 317 g/mol. The van der Waals surface area contributed by atoms with Gasteiger partial charge in [0.2, 0.25) is 0 Å². The number of carboxylic acids is 1. The van der Waals surface area contributed by atoms with Crippen molar-refractivity contribution in [2.24, 2.45) is 0 Å². The van der Waals surface area contributed by atoms with E-state index in [-0.39, 0.29) is 0 Å². The van der Waals surface area contributed by atoms with Crippen molar-refractivity contribution < 1.29 is 9.90 Å². The fraction of sp³-hybridized carbons (Fsp3) is 0.143. The van der Waals surface area contributed by atoms with Crippen LogP contribution in [0.1, 0.15) is 32.6 Å². The monoisotopic (exact) mass is 317 g/mol. The van der Waals surface area contributed by atoms with Crippen LogP contribution < -0.4 is 0 Å². The van der Waals surface area contributed by atoms with Gasteiger partial charge in [0.25, 0.3) is 0 Å². The topological polar surface area (TPSA) is 50.2 Å². The Bertz CT molecular complexity index is 886. The predicted molar refractivity (Wildman–Crippen MR) is 95.4 cm³/mol. The highest BCUT2D eigenvalue weighted by molar-refractivity contribution is 5.90. The molecule has 0 aliphatic rings. The number of hydrogen-bond donors (Lipinski definition) is 1. The van der Waals surface area contributed by atoms with Crippen LogP contribution >= 0.6 is 0 Å². The van der Waals surface area contributed by atoms with Crippen molar-refractivity contribution in [3.63, 3.8) is 0 Å². The molecule has 0 radical (unpaired) electrons. The highest BCUT2D eigenvalue weighted by Gasteiger charge is 2.13. The molecule has 1 heterocycles. The summed E-state index contributed by atoms with van der Waals surface area (Å²) in [6.07, 6.45) is 2.41. The van der Waals surface area contributed by atoms with Gasteiger partial charge in [-0.05, 0) is 42.2 Å². The Balaban J connectivity index is 1.96. The second-order valence-corrected chi connectivity index (χ2v) is 5.96. The molecule has 2 aromatic carbocycles. The Morgan fingerprint density at radius 2 is 1.75 bits per heavy atom. The normalized spacial score (nSPS) is 10.6. The Labute approximate surface area is 141 Å². The maximum absolute atomic E-state index is 11.5. The lowest BCUT2D eigenvalue weighted by Crippen LogP contribution is -2.05. The van der Waals surface area contributed by atoms with Crippen molar-refractivity contribution >= 4 is 5.97 Å². The number of pyridine rings is 1. The van der Waals surface area contributed by atoms with E-state index < -0.39 is 5.97 Å². The molecule has 3 heteroatoms. The van der Waals surface area contributed by atoms with Gasteiger partial charge in [-0.1, -0.05) is 48.5 Å². The second kappa shape index (κ2) is 6.67. The van der Waals surface area contributed by atoms with E-state index in [4.69, 9.17) is 0 Å². The highest BCUT2D eigenvalue weighted by Crippen LogP contribution is 2.24. The van der Waals surface area contributed by atoms with Crippen LogP contribution in [0.4, 0.5) is 0 Å². The quantitative estimate of drug-likeness (QED) is 0.761. The molecule has 0 unspecified atom stereocenters. The molecule has 1 aromatic heterocycles. The summed E-state index contributed by atoms with van der Waals surface area (Å²) in [4.78, 5) is 16.1. The first-order chi connectivity index (χ1) is 11.6. The number of benzene rings is 2. The summed E-state index contributed by atoms with van der Waals surface area (Å²) < 4.78 is 0. The lowest BCUT2D eigenvalue weighted by Gasteiger charge is -2.12. The van der Waals surface area contributed by atoms with Gasteiger partial charge in [-0.2, -0.15) is 0 Å². The summed E-state index contributed by atoms with van der Waals surface area (Å²) in [5.41, 5.74) is 6.34. The van der Waals surface area contributed by atoms with Gasteiger partial charge in [0.05, 0.1) is 11.3 Å². The van der Waals surface area contributed by atoms with E-state index in [2.05, 4.69) is 11.1 Å². The molecule has 0 amide bonds. The fourth-order valence-electron chi connectivity index (χ4n) is 2.97. The second-order valence-electron chi connectivity index (χ2n) is 5.96. The van der Waals surface area contributed by atoms with Crippen LogP contribution in [-0.4, -0.2) is 16.1 Å². The maximum Gasteiger partial charge on any atom is 0.335 e. The molecule has 0 spiro atoms. The molecule has 0 aliphatic carbocycles. The zero-order valence-corrected chi connectivity index (χ0v) is 13.8. The molecule has 3 nitrogen and oxygen atoms in total. The third-order valence-electron chi connectivity index (χ3n) is 4.20. The maximum atomic E-state index is 11.5. The van der Waals surface area contributed by atoms with Gasteiger partial charge in [0, 0.05) is 18.2 Å². The summed E-state index contributed by atoms with van der Waals surface area (Å²) in [6, 6.07) is 17.5. The molecule has 1 N–H and O–H groups in total. The average Bonchev–Trinajstić information content (AvgIpc) is 2.57. The van der Waals surface area contributed by atoms with E-state index in [0.29, 0.717) is 12.0 Å². The summed E-state index contributed by atoms with van der Waals surface area (Å²) >= 11 is 0. The molecule has 0 bridgehead atoms. The Morgan fingerprint density at radius 3 is 2.42 bits per heavy atom. The highest BCUT2D eigenvalue weighted by atomic mass is 16.4. The number of aromatic nitrogens is 1. The van der Waals surface area contributed by atoms with Gasteiger partial charge >= 0.3 is 5.97 Å². The number of aromatic carboxylic acids is 1. The van der Waals surface area contributed by atoms with Crippen LogP contribution in [0.15, 0.2) is 60.8 Å². The molecule has 3 rings (SSSR count). The minimum absolute atomic E-state index is 0.361. The first-order valence-electron chi connectivity index (χ1n) is 7.89. The summed E-state index contributed by atoms with van der Waals surface area (Å²) in [6.45, 7) is 3.98. The molecule has 24 heavy (non-hydrogen) atoms. The Hall–Kier alpha value is -2.94. The van der Waals surface area contributed by atoms with Gasteiger partial charge in [-0.3, -0.25) is 4.98 Å². The number of hydrogen-bond acceptors (Lipinski definition) is 2. The van der Waals surface area contributed by atoms with E-state index in [1.807, 2.05) is 56.4 Å². The van der Waals surface area contributed by atoms with E-state index in [9.17, 15) is 9.90 Å². The van der Waals surface area contributed by atoms with Crippen LogP contribution in [0.25, 0.3) is 11.3 Å². The number of carboxylic acid groups (broad SMARTS) is 1. The molecule has 0 fully saturated rings. The zero-order chi connectivity index (χ0) is 17.1. The predicted octanol–water partition coefficient (Wildman–Crippen LogP) is 4.65. The molecule has 3 aromatic rings. The standard InChI is InChI=1S/C21H19NO2/c1-14-7-6-10-18(21(23)24)19(14)12-16-11-15(2)20(22-13-16)17-8-4-3-5-9-17/h3-11,13H,12H2,1-2H3,(H,23,24). The Kier molecular flexibility index (Phi) is 4.43. The minimum Gasteiger partial charge on any atom is -0.478 e. The summed E-state index contributed by atoms with van der Waals surface area (Å²) in [7, 11) is 0. The smallest absolute Gasteiger partial charge is 0.335 e. The van der Waals surface area contributed by atoms with Gasteiger partial charge in [-0.25, -0.2) is 4.79 Å². The third kappa shape index (κ3) is 3.20. The minimum atomic E-state index is -0.890. The number of carbonyl (C=O) groups is 1. The van der Waals surface area contributed by atoms with Gasteiger partial charge in [-0.15, -0.1) is 0 Å². The van der Waals surface area contributed by atoms with Gasteiger partial charge < -0.3 is 5.11 Å². The Morgan fingerprint density at radius 1 is 1.00 bits per heavy atom. The lowest BCUT2D eigenvalue weighted by atomic mass is 9.95. The molecule has 0 saturated carbocycles. The van der Waals surface area contributed by atoms with Crippen molar-refractivity contribution in [3.8, 4) is 11.3 Å². The van der Waals surface area contributed by atoms with Crippen molar-refractivity contribution in [2.75, 3.05) is 0 Å². The van der Waals surface area contributed by atoms with Crippen molar-refractivity contribution in [2.45, 2.75) is 20.3 Å². The summed E-state index contributed by atoms with van der Waals surface area (Å²) in [5, 5.41) is 9.40. The van der Waals surface area contributed by atoms with Crippen LogP contribution in [0, 0.1) is 13.8 Å². The molecular formula is C21H19NO2. The van der Waals surface area contributed by atoms with Crippen molar-refractivity contribution in [3.05, 3.63) is 88.6 Å². The van der Waals surface area contributed by atoms with E-state index in [1.54, 1.807) is 12.1 Å². The van der Waals surface area contributed by atoms with E-state index in [0.717, 1.165) is 33.5 Å². The van der Waals surface area contributed by atoms with Crippen molar-refractivity contribution in [1.82, 2.24) is 4.98 Å². The molecular weight excluding hydrogens is 298 g/mol. The van der Waals surface area contributed by atoms with E-state index >= 15 is 0 Å². The fourth-order valence-corrected chi connectivity index (χ4v) is 2.97. The molecule has 0 saturated heterocycles. The third-order valence-corrected chi connectivity index (χ3v) is 4.20. The lowest BCUT2D eigenvalue weighted by molar-refractivity contribution is 0.0695. The molecule has 120 valence electrons. The first kappa shape index (κ1) is 15.9. The first-order valence-corrected chi connectivity index (χ1v) is 7.89. The van der Waals surface area contributed by atoms with Gasteiger partial charge in [0.1, 0.15) is 0 Å². The molecule has 0 aliphatic heterocycles. The SMILES string of the molecule is Cc1cc(Cc2c(C)cccc2C(=O)O)cnc1-c1ccccc1. The summed E-state index contributed by atoms with van der Waals surface area (Å²) in [5.74, 6) is -0.890. The van der Waals surface area contributed by atoms with Crippen LogP contribution in [0.3, 0.4) is 0 Å². The number of rotatable bonds is 4. The van der Waals surface area contributed by atoms with E-state index in [1.165, 1.54) is 0 Å². The number of aryl methyl sites for hydroxylation is 2. The zero-order valence-electron chi connectivity index (χ0n) is 13.8. The number of nitrogens with zero attached hydrogens (tertiary/aromatic N) is 1. The van der Waals surface area contributed by atoms with Crippen LogP contribution in [0.2, 0.25) is 0 Å². The molecule has 0 atom stereocenters. The van der Waals surface area contributed by atoms with Crippen LogP contribution in [0.5, 0.6) is 0 Å². The van der Waals surface area contributed by atoms with Crippen LogP contribution in [-0.2, 0) is 6.42 Å². The van der Waals surface area contributed by atoms with Crippen molar-refractivity contribution in [1.29, 1.82) is 0 Å². The largest absolute Gasteiger partial charge is 0.478 e.